The third-order valence-electron chi connectivity index (χ3n) is 0.824. The van der Waals surface area contributed by atoms with Crippen molar-refractivity contribution >= 4 is 38.3 Å². The fourth-order valence-electron chi connectivity index (χ4n) is 0.452. The zero-order chi connectivity index (χ0) is 6.91. The molecule has 0 unspecified atom stereocenters. The van der Waals surface area contributed by atoms with Gasteiger partial charge < -0.3 is 0 Å². The van der Waals surface area contributed by atoms with Crippen LogP contribution in [0.1, 0.15) is 0 Å². The molecule has 0 aromatic carbocycles. The van der Waals surface area contributed by atoms with Gasteiger partial charge in [0.05, 0.1) is 5.75 Å². The van der Waals surface area contributed by atoms with Gasteiger partial charge in [-0.1, -0.05) is 24.0 Å². The van der Waals surface area contributed by atoms with Crippen molar-refractivity contribution in [1.82, 2.24) is 4.72 Å². The third-order valence-corrected chi connectivity index (χ3v) is 3.83. The van der Waals surface area contributed by atoms with Crippen LogP contribution in [0.2, 0.25) is 0 Å². The van der Waals surface area contributed by atoms with Crippen LogP contribution >= 0.6 is 24.0 Å². The molecule has 3 nitrogen and oxygen atoms in total. The molecule has 0 bridgehead atoms. The maximum Gasteiger partial charge on any atom is 1.00 e. The van der Waals surface area contributed by atoms with Crippen LogP contribution in [0.4, 0.5) is 0 Å². The number of thiocarbonyl (C=S) groups is 1. The number of hydrogen-bond acceptors (Lipinski definition) is 4. The Morgan fingerprint density at radius 3 is 2.50 bits per heavy atom. The number of rotatable bonds is 0. The van der Waals surface area contributed by atoms with Crippen LogP contribution in [0.25, 0.3) is 0 Å². The molecular formula is C3H5NNaO2S3+. The Morgan fingerprint density at radius 1 is 1.60 bits per heavy atom. The van der Waals surface area contributed by atoms with E-state index in [0.29, 0.717) is 10.1 Å². The van der Waals surface area contributed by atoms with Gasteiger partial charge in [0.15, 0.2) is 0 Å². The van der Waals surface area contributed by atoms with Crippen LogP contribution in [0, 0.1) is 0 Å². The average molecular weight is 206 g/mol. The average Bonchev–Trinajstić information content (AvgIpc) is 1.60. The van der Waals surface area contributed by atoms with E-state index in [1.807, 2.05) is 0 Å². The van der Waals surface area contributed by atoms with Crippen LogP contribution in [0.15, 0.2) is 0 Å². The van der Waals surface area contributed by atoms with Gasteiger partial charge in [-0.15, -0.1) is 0 Å². The zero-order valence-electron chi connectivity index (χ0n) is 5.46. The standard InChI is InChI=1S/C3H5NO2S3.Na/c5-9(6)2-1-8-3(7)4-9;/h1-2H2,(H,4,7);/q;+1. The molecule has 0 atom stereocenters. The molecule has 7 heteroatoms. The summed E-state index contributed by atoms with van der Waals surface area (Å²) in [5.74, 6) is 0.756. The van der Waals surface area contributed by atoms with E-state index in [9.17, 15) is 8.42 Å². The van der Waals surface area contributed by atoms with Crippen molar-refractivity contribution in [2.45, 2.75) is 0 Å². The van der Waals surface area contributed by atoms with E-state index < -0.39 is 10.0 Å². The summed E-state index contributed by atoms with van der Waals surface area (Å²) in [5.41, 5.74) is 0. The van der Waals surface area contributed by atoms with Gasteiger partial charge in [0, 0.05) is 5.75 Å². The third kappa shape index (κ3) is 3.54. The van der Waals surface area contributed by atoms with E-state index in [1.54, 1.807) is 0 Å². The largest absolute Gasteiger partial charge is 1.00 e. The smallest absolute Gasteiger partial charge is 0.268 e. The molecule has 0 aliphatic carbocycles. The Balaban J connectivity index is 0.000000810. The van der Waals surface area contributed by atoms with Crippen molar-refractivity contribution in [3.05, 3.63) is 0 Å². The molecule has 1 aliphatic rings. The number of thioether (sulfide) groups is 1. The predicted molar refractivity (Wildman–Crippen MR) is 42.0 cm³/mol. The second-order valence-electron chi connectivity index (χ2n) is 1.56. The summed E-state index contributed by atoms with van der Waals surface area (Å²) in [7, 11) is -3.04. The van der Waals surface area contributed by atoms with E-state index >= 15 is 0 Å². The topological polar surface area (TPSA) is 46.2 Å². The molecule has 1 fully saturated rings. The van der Waals surface area contributed by atoms with Gasteiger partial charge in [-0.05, 0) is 0 Å². The summed E-state index contributed by atoms with van der Waals surface area (Å²) >= 11 is 5.99. The van der Waals surface area contributed by atoms with E-state index in [0.717, 1.165) is 0 Å². The number of hydrogen-bond donors (Lipinski definition) is 1. The normalized spacial score (nSPS) is 22.6. The summed E-state index contributed by atoms with van der Waals surface area (Å²) < 4.78 is 23.9. The van der Waals surface area contributed by atoms with Crippen molar-refractivity contribution in [3.8, 4) is 0 Å². The molecule has 1 rings (SSSR count). The Morgan fingerprint density at radius 2 is 2.20 bits per heavy atom. The maximum absolute atomic E-state index is 10.6. The van der Waals surface area contributed by atoms with E-state index in [1.165, 1.54) is 11.8 Å². The number of sulfonamides is 1. The Kier molecular flexibility index (Phi) is 4.78. The van der Waals surface area contributed by atoms with E-state index in [2.05, 4.69) is 16.9 Å². The van der Waals surface area contributed by atoms with Gasteiger partial charge in [0.25, 0.3) is 0 Å². The molecule has 52 valence electrons. The first kappa shape index (κ1) is 11.2. The fourth-order valence-corrected chi connectivity index (χ4v) is 3.45. The van der Waals surface area contributed by atoms with Gasteiger partial charge in [-0.2, -0.15) is 0 Å². The van der Waals surface area contributed by atoms with Crippen molar-refractivity contribution in [2.24, 2.45) is 0 Å². The SMILES string of the molecule is O=S1(=O)CCSC(=S)N1.[Na+]. The molecule has 10 heavy (non-hydrogen) atoms. The first-order valence-electron chi connectivity index (χ1n) is 2.27. The molecule has 0 spiro atoms. The fraction of sp³-hybridized carbons (Fsp3) is 0.667. The molecule has 0 amide bonds. The Labute approximate surface area is 91.7 Å². The molecule has 0 saturated carbocycles. The van der Waals surface area contributed by atoms with Crippen molar-refractivity contribution < 1.29 is 38.0 Å². The van der Waals surface area contributed by atoms with Crippen LogP contribution < -0.4 is 34.3 Å². The minimum atomic E-state index is -3.04. The predicted octanol–water partition coefficient (Wildman–Crippen LogP) is -3.06. The summed E-state index contributed by atoms with van der Waals surface area (Å²) in [6, 6.07) is 0. The van der Waals surface area contributed by atoms with Crippen LogP contribution in [-0.4, -0.2) is 24.2 Å². The Bertz CT molecular complexity index is 224. The van der Waals surface area contributed by atoms with Gasteiger partial charge in [-0.25, -0.2) is 8.42 Å². The minimum Gasteiger partial charge on any atom is -0.268 e. The quantitative estimate of drug-likeness (QED) is 0.338. The molecular weight excluding hydrogens is 201 g/mol. The van der Waals surface area contributed by atoms with Gasteiger partial charge in [0.2, 0.25) is 10.0 Å². The van der Waals surface area contributed by atoms with E-state index in [4.69, 9.17) is 0 Å². The maximum atomic E-state index is 10.6. The Hall–Kier alpha value is 1.19. The van der Waals surface area contributed by atoms with Crippen LogP contribution in [0.3, 0.4) is 0 Å². The monoisotopic (exact) mass is 206 g/mol. The van der Waals surface area contributed by atoms with Gasteiger partial charge >= 0.3 is 29.6 Å². The van der Waals surface area contributed by atoms with Crippen molar-refractivity contribution in [3.63, 3.8) is 0 Å². The summed E-state index contributed by atoms with van der Waals surface area (Å²) in [4.78, 5) is 0. The second kappa shape index (κ2) is 4.27. The number of nitrogens with one attached hydrogen (secondary N) is 1. The van der Waals surface area contributed by atoms with Crippen LogP contribution in [-0.2, 0) is 10.0 Å². The molecule has 1 heterocycles. The summed E-state index contributed by atoms with van der Waals surface area (Å²) in [6.07, 6.45) is 0. The van der Waals surface area contributed by atoms with Crippen molar-refractivity contribution in [1.29, 1.82) is 0 Å². The van der Waals surface area contributed by atoms with Gasteiger partial charge in [-0.3, -0.25) is 4.72 Å². The molecule has 0 aromatic heterocycles. The molecule has 0 radical (unpaired) electrons. The van der Waals surface area contributed by atoms with Crippen molar-refractivity contribution in [2.75, 3.05) is 11.5 Å². The second-order valence-corrected chi connectivity index (χ2v) is 5.17. The first-order chi connectivity index (χ1) is 4.10. The van der Waals surface area contributed by atoms with Crippen LogP contribution in [0.5, 0.6) is 0 Å². The minimum absolute atomic E-state index is 0. The first-order valence-corrected chi connectivity index (χ1v) is 5.32. The molecule has 1 aliphatic heterocycles. The zero-order valence-corrected chi connectivity index (χ0v) is 9.90. The molecule has 0 aromatic rings. The summed E-state index contributed by atoms with van der Waals surface area (Å²) in [5, 5.41) is 0. The molecule has 1 saturated heterocycles. The molecule has 1 N–H and O–H groups in total. The van der Waals surface area contributed by atoms with E-state index in [-0.39, 0.29) is 35.3 Å². The van der Waals surface area contributed by atoms with Gasteiger partial charge in [0.1, 0.15) is 4.32 Å². The summed E-state index contributed by atoms with van der Waals surface area (Å²) in [6.45, 7) is 0.